The van der Waals surface area contributed by atoms with E-state index in [-0.39, 0.29) is 5.91 Å². The van der Waals surface area contributed by atoms with Crippen molar-refractivity contribution in [2.75, 3.05) is 25.5 Å². The molecule has 2 fully saturated rings. The summed E-state index contributed by atoms with van der Waals surface area (Å²) in [6, 6.07) is 5.17. The summed E-state index contributed by atoms with van der Waals surface area (Å²) in [5, 5.41) is 3.45. The molecule has 0 aromatic heterocycles. The van der Waals surface area contributed by atoms with E-state index in [0.717, 1.165) is 32.4 Å². The third-order valence-electron chi connectivity index (χ3n) is 6.02. The number of likely N-dealkylation sites (tertiary alicyclic amines) is 1. The number of ether oxygens (including phenoxy) is 1. The Labute approximate surface area is 172 Å². The third kappa shape index (κ3) is 5.87. The lowest BCUT2D eigenvalue weighted by atomic mass is 9.92. The Morgan fingerprint density at radius 2 is 1.93 bits per heavy atom. The van der Waals surface area contributed by atoms with E-state index in [1.807, 2.05) is 4.90 Å². The number of methoxy groups -OCH3 is 1. The van der Waals surface area contributed by atoms with Gasteiger partial charge in [-0.2, -0.15) is 0 Å². The summed E-state index contributed by atoms with van der Waals surface area (Å²) in [5.41, 5.74) is 0.594. The second-order valence-electron chi connectivity index (χ2n) is 8.13. The van der Waals surface area contributed by atoms with Gasteiger partial charge in [0, 0.05) is 31.0 Å². The van der Waals surface area contributed by atoms with E-state index in [1.165, 1.54) is 25.7 Å². The Kier molecular flexibility index (Phi) is 7.60. The number of nitrogens with zero attached hydrogens (tertiary/aromatic N) is 1. The first kappa shape index (κ1) is 21.0. The molecule has 154 valence electrons. The maximum Gasteiger partial charge on any atom is 0.224 e. The van der Waals surface area contributed by atoms with Gasteiger partial charge in [0.2, 0.25) is 11.8 Å². The van der Waals surface area contributed by atoms with Crippen LogP contribution in [0.5, 0.6) is 5.75 Å². The summed E-state index contributed by atoms with van der Waals surface area (Å²) in [5.74, 6) is 1.85. The molecule has 28 heavy (non-hydrogen) atoms. The molecule has 3 rings (SSSR count). The van der Waals surface area contributed by atoms with E-state index < -0.39 is 0 Å². The highest BCUT2D eigenvalue weighted by Crippen LogP contribution is 2.30. The first-order valence-electron chi connectivity index (χ1n) is 10.5. The monoisotopic (exact) mass is 406 g/mol. The van der Waals surface area contributed by atoms with Crippen molar-refractivity contribution in [3.05, 3.63) is 23.2 Å². The van der Waals surface area contributed by atoms with Crippen LogP contribution in [0.3, 0.4) is 0 Å². The van der Waals surface area contributed by atoms with Gasteiger partial charge in [0.25, 0.3) is 0 Å². The standard InChI is InChI=1S/C22H31ClN2O3/c1-28-20-10-9-18(23)14-19(20)24-21(26)11-8-17-7-4-12-25(15-17)22(27)13-16-5-2-3-6-16/h9-10,14,16-17H,2-8,11-13,15H2,1H3,(H,24,26). The summed E-state index contributed by atoms with van der Waals surface area (Å²) in [4.78, 5) is 27.0. The summed E-state index contributed by atoms with van der Waals surface area (Å²) < 4.78 is 5.27. The molecular formula is C22H31ClN2O3. The van der Waals surface area contributed by atoms with Crippen LogP contribution in [-0.4, -0.2) is 36.9 Å². The number of anilines is 1. The summed E-state index contributed by atoms with van der Waals surface area (Å²) in [6.45, 7) is 1.66. The minimum absolute atomic E-state index is 0.0463. The topological polar surface area (TPSA) is 58.6 Å². The van der Waals surface area contributed by atoms with E-state index in [4.69, 9.17) is 16.3 Å². The number of nitrogens with one attached hydrogen (secondary N) is 1. The van der Waals surface area contributed by atoms with Crippen LogP contribution in [0.2, 0.25) is 5.02 Å². The Morgan fingerprint density at radius 3 is 2.68 bits per heavy atom. The minimum Gasteiger partial charge on any atom is -0.495 e. The van der Waals surface area contributed by atoms with Crippen molar-refractivity contribution in [1.29, 1.82) is 0 Å². The van der Waals surface area contributed by atoms with Crippen molar-refractivity contribution in [3.8, 4) is 5.75 Å². The average molecular weight is 407 g/mol. The molecule has 1 heterocycles. The third-order valence-corrected chi connectivity index (χ3v) is 6.26. The molecule has 1 atom stereocenters. The lowest BCUT2D eigenvalue weighted by Crippen LogP contribution is -2.40. The number of halogens is 1. The Hall–Kier alpha value is -1.75. The molecule has 0 spiro atoms. The summed E-state index contributed by atoms with van der Waals surface area (Å²) in [6.07, 6.45) is 9.01. The molecule has 1 aromatic carbocycles. The Bertz CT molecular complexity index is 688. The van der Waals surface area contributed by atoms with Crippen molar-refractivity contribution < 1.29 is 14.3 Å². The molecule has 1 saturated heterocycles. The van der Waals surface area contributed by atoms with Crippen LogP contribution in [0.25, 0.3) is 0 Å². The molecule has 1 unspecified atom stereocenters. The molecular weight excluding hydrogens is 376 g/mol. The largest absolute Gasteiger partial charge is 0.495 e. The first-order chi connectivity index (χ1) is 13.5. The number of carbonyl (C=O) groups excluding carboxylic acids is 2. The lowest BCUT2D eigenvalue weighted by molar-refractivity contribution is -0.134. The van der Waals surface area contributed by atoms with Crippen LogP contribution in [0.4, 0.5) is 5.69 Å². The van der Waals surface area contributed by atoms with Crippen molar-refractivity contribution >= 4 is 29.1 Å². The predicted octanol–water partition coefficient (Wildman–Crippen LogP) is 4.89. The highest BCUT2D eigenvalue weighted by Gasteiger charge is 2.27. The number of amides is 2. The fourth-order valence-electron chi connectivity index (χ4n) is 4.44. The molecule has 1 aromatic rings. The van der Waals surface area contributed by atoms with Gasteiger partial charge in [0.1, 0.15) is 5.75 Å². The van der Waals surface area contributed by atoms with Gasteiger partial charge in [0.05, 0.1) is 12.8 Å². The number of rotatable bonds is 7. The molecule has 1 saturated carbocycles. The fraction of sp³-hybridized carbons (Fsp3) is 0.636. The van der Waals surface area contributed by atoms with Crippen LogP contribution >= 0.6 is 11.6 Å². The van der Waals surface area contributed by atoms with E-state index >= 15 is 0 Å². The first-order valence-corrected chi connectivity index (χ1v) is 10.8. The molecule has 6 heteroatoms. The maximum atomic E-state index is 12.6. The molecule has 0 radical (unpaired) electrons. The second kappa shape index (κ2) is 10.1. The maximum absolute atomic E-state index is 12.6. The molecule has 1 aliphatic carbocycles. The highest BCUT2D eigenvalue weighted by molar-refractivity contribution is 6.31. The Balaban J connectivity index is 1.45. The van der Waals surface area contributed by atoms with E-state index in [0.29, 0.717) is 47.0 Å². The van der Waals surface area contributed by atoms with Gasteiger partial charge >= 0.3 is 0 Å². The average Bonchev–Trinajstić information content (AvgIpc) is 3.20. The van der Waals surface area contributed by atoms with E-state index in [2.05, 4.69) is 5.32 Å². The van der Waals surface area contributed by atoms with Crippen LogP contribution in [-0.2, 0) is 9.59 Å². The van der Waals surface area contributed by atoms with E-state index in [9.17, 15) is 9.59 Å². The van der Waals surface area contributed by atoms with Crippen LogP contribution < -0.4 is 10.1 Å². The van der Waals surface area contributed by atoms with E-state index in [1.54, 1.807) is 25.3 Å². The highest BCUT2D eigenvalue weighted by atomic mass is 35.5. The van der Waals surface area contributed by atoms with Crippen molar-refractivity contribution in [3.63, 3.8) is 0 Å². The van der Waals surface area contributed by atoms with Crippen LogP contribution in [0.1, 0.15) is 57.8 Å². The number of benzene rings is 1. The van der Waals surface area contributed by atoms with Gasteiger partial charge in [-0.3, -0.25) is 9.59 Å². The van der Waals surface area contributed by atoms with Crippen molar-refractivity contribution in [2.24, 2.45) is 11.8 Å². The predicted molar refractivity (Wildman–Crippen MR) is 112 cm³/mol. The normalized spacial score (nSPS) is 20.2. The number of carbonyl (C=O) groups is 2. The zero-order valence-corrected chi connectivity index (χ0v) is 17.5. The van der Waals surface area contributed by atoms with Crippen LogP contribution in [0, 0.1) is 11.8 Å². The van der Waals surface area contributed by atoms with Crippen molar-refractivity contribution in [2.45, 2.75) is 57.8 Å². The molecule has 5 nitrogen and oxygen atoms in total. The quantitative estimate of drug-likeness (QED) is 0.701. The second-order valence-corrected chi connectivity index (χ2v) is 8.57. The zero-order valence-electron chi connectivity index (χ0n) is 16.7. The number of hydrogen-bond acceptors (Lipinski definition) is 3. The molecule has 2 aliphatic rings. The number of piperidine rings is 1. The van der Waals surface area contributed by atoms with Gasteiger partial charge in [-0.05, 0) is 62.1 Å². The Morgan fingerprint density at radius 1 is 1.18 bits per heavy atom. The number of hydrogen-bond donors (Lipinski definition) is 1. The van der Waals surface area contributed by atoms with Gasteiger partial charge in [-0.25, -0.2) is 0 Å². The van der Waals surface area contributed by atoms with Crippen LogP contribution in [0.15, 0.2) is 18.2 Å². The van der Waals surface area contributed by atoms with Gasteiger partial charge in [0.15, 0.2) is 0 Å². The lowest BCUT2D eigenvalue weighted by Gasteiger charge is -2.33. The zero-order chi connectivity index (χ0) is 19.9. The van der Waals surface area contributed by atoms with Gasteiger partial charge in [-0.15, -0.1) is 0 Å². The summed E-state index contributed by atoms with van der Waals surface area (Å²) >= 11 is 6.02. The molecule has 2 amide bonds. The SMILES string of the molecule is COc1ccc(Cl)cc1NC(=O)CCC1CCCN(C(=O)CC2CCCC2)C1. The summed E-state index contributed by atoms with van der Waals surface area (Å²) in [7, 11) is 1.57. The molecule has 1 aliphatic heterocycles. The smallest absolute Gasteiger partial charge is 0.224 e. The minimum atomic E-state index is -0.0463. The molecule has 0 bridgehead atoms. The van der Waals surface area contributed by atoms with Gasteiger partial charge in [-0.1, -0.05) is 24.4 Å². The van der Waals surface area contributed by atoms with Gasteiger partial charge < -0.3 is 15.0 Å². The molecule has 1 N–H and O–H groups in total. The van der Waals surface area contributed by atoms with Crippen molar-refractivity contribution in [1.82, 2.24) is 4.90 Å². The fourth-order valence-corrected chi connectivity index (χ4v) is 4.62.